The van der Waals surface area contributed by atoms with Crippen molar-refractivity contribution in [1.29, 1.82) is 0 Å². The number of methoxy groups -OCH3 is 1. The topological polar surface area (TPSA) is 83.8 Å². The molecule has 1 amide bonds. The fourth-order valence-corrected chi connectivity index (χ4v) is 5.04. The molecule has 3 aromatic heterocycles. The Labute approximate surface area is 188 Å². The molecule has 1 atom stereocenters. The molecule has 4 heterocycles. The van der Waals surface area contributed by atoms with Crippen LogP contribution in [-0.4, -0.2) is 53.1 Å². The van der Waals surface area contributed by atoms with Crippen molar-refractivity contribution in [2.45, 2.75) is 19.9 Å². The van der Waals surface area contributed by atoms with Crippen molar-refractivity contribution < 1.29 is 13.9 Å². The first-order chi connectivity index (χ1) is 15.4. The van der Waals surface area contributed by atoms with Gasteiger partial charge in [0.1, 0.15) is 5.52 Å². The molecule has 32 heavy (non-hydrogen) atoms. The smallest absolute Gasteiger partial charge is 0.274 e. The summed E-state index contributed by atoms with van der Waals surface area (Å²) in [6.45, 7) is 6.57. The first kappa shape index (κ1) is 20.7. The van der Waals surface area contributed by atoms with E-state index in [1.165, 1.54) is 17.4 Å². The maximum Gasteiger partial charge on any atom is 0.274 e. The van der Waals surface area contributed by atoms with Gasteiger partial charge in [-0.1, -0.05) is 11.3 Å². The monoisotopic (exact) mass is 454 g/mol. The van der Waals surface area contributed by atoms with Crippen molar-refractivity contribution in [3.05, 3.63) is 47.7 Å². The highest BCUT2D eigenvalue weighted by atomic mass is 32.1. The molecule has 4 aromatic rings. The van der Waals surface area contributed by atoms with Crippen molar-refractivity contribution >= 4 is 44.5 Å². The number of ether oxygens (including phenoxy) is 1. The van der Waals surface area contributed by atoms with Crippen LogP contribution >= 0.6 is 11.3 Å². The number of hydrogen-bond acceptors (Lipinski definition) is 7. The van der Waals surface area contributed by atoms with E-state index < -0.39 is 5.82 Å². The van der Waals surface area contributed by atoms with Crippen LogP contribution in [0.3, 0.4) is 0 Å². The van der Waals surface area contributed by atoms with Gasteiger partial charge in [-0.2, -0.15) is 0 Å². The number of aromatic nitrogens is 3. The molecule has 0 aliphatic carbocycles. The van der Waals surface area contributed by atoms with Gasteiger partial charge in [0.25, 0.3) is 11.1 Å². The number of nitrogens with zero attached hydrogens (tertiary/aromatic N) is 4. The molecule has 166 valence electrons. The lowest BCUT2D eigenvalue weighted by Crippen LogP contribution is -2.49. The number of carbonyl (C=O) groups excluding carboxylic acids is 1. The fourth-order valence-electron chi connectivity index (χ4n) is 4.09. The highest BCUT2D eigenvalue weighted by molar-refractivity contribution is 7.21. The van der Waals surface area contributed by atoms with Gasteiger partial charge in [-0.3, -0.25) is 4.79 Å². The van der Waals surface area contributed by atoms with E-state index in [4.69, 9.17) is 4.74 Å². The zero-order valence-electron chi connectivity index (χ0n) is 18.0. The Morgan fingerprint density at radius 1 is 1.34 bits per heavy atom. The van der Waals surface area contributed by atoms with E-state index in [0.29, 0.717) is 33.7 Å². The molecule has 8 nitrogen and oxygen atoms in total. The number of carbonyl (C=O) groups is 1. The Balaban J connectivity index is 1.51. The Morgan fingerprint density at radius 2 is 2.19 bits per heavy atom. The van der Waals surface area contributed by atoms with Crippen molar-refractivity contribution in [3.8, 4) is 5.19 Å². The van der Waals surface area contributed by atoms with E-state index in [1.807, 2.05) is 6.07 Å². The molecule has 5 rings (SSSR count). The van der Waals surface area contributed by atoms with Crippen LogP contribution in [0.25, 0.3) is 15.9 Å². The van der Waals surface area contributed by atoms with Gasteiger partial charge in [-0.25, -0.2) is 14.4 Å². The van der Waals surface area contributed by atoms with Gasteiger partial charge in [0.15, 0.2) is 11.5 Å². The van der Waals surface area contributed by atoms with E-state index in [0.717, 1.165) is 30.0 Å². The molecular formula is C22H23FN6O2S. The molecule has 0 bridgehead atoms. The van der Waals surface area contributed by atoms with E-state index in [9.17, 15) is 9.18 Å². The van der Waals surface area contributed by atoms with Gasteiger partial charge >= 0.3 is 0 Å². The Hall–Kier alpha value is -3.24. The molecule has 1 aliphatic heterocycles. The number of nitrogens with one attached hydrogen (secondary N) is 2. The number of amides is 1. The number of fused-ring (bicyclic) bond motifs is 2. The van der Waals surface area contributed by atoms with Crippen LogP contribution in [-0.2, 0) is 0 Å². The first-order valence-corrected chi connectivity index (χ1v) is 11.2. The van der Waals surface area contributed by atoms with Crippen molar-refractivity contribution in [3.63, 3.8) is 0 Å². The summed E-state index contributed by atoms with van der Waals surface area (Å²) in [4.78, 5) is 24.1. The van der Waals surface area contributed by atoms with Crippen molar-refractivity contribution in [2.24, 2.45) is 0 Å². The van der Waals surface area contributed by atoms with Crippen LogP contribution < -0.4 is 20.3 Å². The molecule has 10 heteroatoms. The second kappa shape index (κ2) is 8.03. The number of aryl methyl sites for hydroxylation is 1. The maximum atomic E-state index is 14.4. The summed E-state index contributed by atoms with van der Waals surface area (Å²) in [5.74, 6) is -0.863. The number of thiazole rings is 1. The van der Waals surface area contributed by atoms with E-state index >= 15 is 0 Å². The maximum absolute atomic E-state index is 14.4. The van der Waals surface area contributed by atoms with Crippen LogP contribution in [0.15, 0.2) is 30.6 Å². The highest BCUT2D eigenvalue weighted by Gasteiger charge is 2.23. The number of rotatable bonds is 4. The van der Waals surface area contributed by atoms with Gasteiger partial charge in [-0.05, 0) is 26.0 Å². The average molecular weight is 455 g/mol. The summed E-state index contributed by atoms with van der Waals surface area (Å²) >= 11 is 1.42. The third-order valence-electron chi connectivity index (χ3n) is 5.52. The van der Waals surface area contributed by atoms with Crippen molar-refractivity contribution in [1.82, 2.24) is 19.7 Å². The van der Waals surface area contributed by atoms with Gasteiger partial charge in [-0.15, -0.1) is 0 Å². The minimum atomic E-state index is -0.500. The van der Waals surface area contributed by atoms with Crippen LogP contribution in [0, 0.1) is 12.7 Å². The van der Waals surface area contributed by atoms with Crippen LogP contribution in [0.5, 0.6) is 5.19 Å². The zero-order chi connectivity index (χ0) is 22.4. The van der Waals surface area contributed by atoms with Crippen LogP contribution in [0.4, 0.5) is 15.8 Å². The number of anilines is 2. The number of halogens is 1. The second-order valence-electron chi connectivity index (χ2n) is 7.94. The highest BCUT2D eigenvalue weighted by Crippen LogP contribution is 2.38. The van der Waals surface area contributed by atoms with Crippen LogP contribution in [0.1, 0.15) is 23.0 Å². The molecule has 0 radical (unpaired) electrons. The molecule has 1 aromatic carbocycles. The quantitative estimate of drug-likeness (QED) is 0.492. The Bertz CT molecular complexity index is 1330. The molecule has 2 N–H and O–H groups in total. The summed E-state index contributed by atoms with van der Waals surface area (Å²) < 4.78 is 22.3. The normalized spacial score (nSPS) is 16.6. The number of pyridine rings is 1. The van der Waals surface area contributed by atoms with Gasteiger partial charge in [0.05, 0.1) is 34.4 Å². The SMILES string of the molecule is COc1nc2c(C(=O)Nc3cc(F)c4nc(C)cn4c3)ccc(N3CCNC(C)C3)c2s1. The number of benzene rings is 1. The second-order valence-corrected chi connectivity index (χ2v) is 8.90. The first-order valence-electron chi connectivity index (χ1n) is 10.3. The predicted molar refractivity (Wildman–Crippen MR) is 124 cm³/mol. The molecule has 1 saturated heterocycles. The lowest BCUT2D eigenvalue weighted by Gasteiger charge is -2.34. The lowest BCUT2D eigenvalue weighted by atomic mass is 10.1. The Morgan fingerprint density at radius 3 is 2.97 bits per heavy atom. The summed E-state index contributed by atoms with van der Waals surface area (Å²) in [5.41, 5.74) is 3.28. The van der Waals surface area contributed by atoms with E-state index in [1.54, 1.807) is 36.9 Å². The number of piperazine rings is 1. The summed E-state index contributed by atoms with van der Waals surface area (Å²) in [6.07, 6.45) is 3.35. The average Bonchev–Trinajstić information content (AvgIpc) is 3.36. The zero-order valence-corrected chi connectivity index (χ0v) is 18.8. The summed E-state index contributed by atoms with van der Waals surface area (Å²) in [6, 6.07) is 5.37. The van der Waals surface area contributed by atoms with E-state index in [-0.39, 0.29) is 11.6 Å². The van der Waals surface area contributed by atoms with Crippen LogP contribution in [0.2, 0.25) is 0 Å². The summed E-state index contributed by atoms with van der Waals surface area (Å²) in [5, 5.41) is 6.73. The summed E-state index contributed by atoms with van der Waals surface area (Å²) in [7, 11) is 1.56. The molecular weight excluding hydrogens is 431 g/mol. The third-order valence-corrected chi connectivity index (χ3v) is 6.56. The lowest BCUT2D eigenvalue weighted by molar-refractivity contribution is 0.102. The van der Waals surface area contributed by atoms with Gasteiger partial charge in [0.2, 0.25) is 0 Å². The van der Waals surface area contributed by atoms with Gasteiger partial charge < -0.3 is 24.7 Å². The Kier molecular flexibility index (Phi) is 5.18. The van der Waals surface area contributed by atoms with E-state index in [2.05, 4.69) is 32.4 Å². The number of hydrogen-bond donors (Lipinski definition) is 2. The van der Waals surface area contributed by atoms with Crippen molar-refractivity contribution in [2.75, 3.05) is 37.0 Å². The standard InChI is InChI=1S/C22H23FN6O2S/c1-12-9-28(7-6-24-12)17-5-4-15(18-19(17)32-22(27-18)31-3)21(30)26-14-8-16(23)20-25-13(2)10-29(20)11-14/h4-5,8,10-12,24H,6-7,9H2,1-3H3,(H,26,30). The minimum absolute atomic E-state index is 0.224. The largest absolute Gasteiger partial charge is 0.473 e. The fraction of sp³-hybridized carbons (Fsp3) is 0.318. The molecule has 0 spiro atoms. The number of imidazole rings is 1. The molecule has 1 fully saturated rings. The predicted octanol–water partition coefficient (Wildman–Crippen LogP) is 3.45. The third kappa shape index (κ3) is 3.65. The molecule has 1 aliphatic rings. The molecule has 1 unspecified atom stereocenters. The van der Waals surface area contributed by atoms with Gasteiger partial charge in [0, 0.05) is 44.1 Å². The minimum Gasteiger partial charge on any atom is -0.473 e. The molecule has 0 saturated carbocycles.